The molecule has 2 heteroatoms. The Morgan fingerprint density at radius 2 is 1.75 bits per heavy atom. The third-order valence-corrected chi connectivity index (χ3v) is 3.08. The lowest BCUT2D eigenvalue weighted by Gasteiger charge is -2.43. The molecule has 0 aromatic heterocycles. The lowest BCUT2D eigenvalue weighted by atomic mass is 9.65. The molecule has 0 saturated carbocycles. The normalized spacial score (nSPS) is 17.5. The van der Waals surface area contributed by atoms with Gasteiger partial charge < -0.3 is 10.5 Å². The molecule has 1 unspecified atom stereocenters. The standard InChI is InChI=1S/C10H23NO/c1-6-10(7-11,8-12-5)9(2,3)4/h6-8,11H2,1-5H3. The van der Waals surface area contributed by atoms with Gasteiger partial charge in [-0.2, -0.15) is 0 Å². The van der Waals surface area contributed by atoms with Gasteiger partial charge in [-0.1, -0.05) is 27.7 Å². The van der Waals surface area contributed by atoms with Crippen LogP contribution in [0.3, 0.4) is 0 Å². The molecule has 2 nitrogen and oxygen atoms in total. The fraction of sp³-hybridized carbons (Fsp3) is 1.00. The summed E-state index contributed by atoms with van der Waals surface area (Å²) in [6.45, 7) is 10.3. The Balaban J connectivity index is 4.57. The molecule has 12 heavy (non-hydrogen) atoms. The Kier molecular flexibility index (Phi) is 4.21. The van der Waals surface area contributed by atoms with Crippen molar-refractivity contribution < 1.29 is 4.74 Å². The molecule has 0 amide bonds. The second kappa shape index (κ2) is 4.24. The maximum Gasteiger partial charge on any atom is 0.0535 e. The van der Waals surface area contributed by atoms with Crippen LogP contribution in [0.15, 0.2) is 0 Å². The van der Waals surface area contributed by atoms with Crippen molar-refractivity contribution in [2.45, 2.75) is 34.1 Å². The SMILES string of the molecule is CCC(CN)(COC)C(C)(C)C. The van der Waals surface area contributed by atoms with Gasteiger partial charge in [0.1, 0.15) is 0 Å². The first-order valence-corrected chi connectivity index (χ1v) is 4.62. The van der Waals surface area contributed by atoms with Crippen molar-refractivity contribution in [3.63, 3.8) is 0 Å². The van der Waals surface area contributed by atoms with Gasteiger partial charge in [-0.05, 0) is 11.8 Å². The summed E-state index contributed by atoms with van der Waals surface area (Å²) in [5.41, 5.74) is 6.15. The van der Waals surface area contributed by atoms with E-state index in [1.807, 2.05) is 0 Å². The van der Waals surface area contributed by atoms with Gasteiger partial charge in [0.05, 0.1) is 6.61 Å². The number of nitrogens with two attached hydrogens (primary N) is 1. The van der Waals surface area contributed by atoms with Crippen LogP contribution in [0.5, 0.6) is 0 Å². The molecule has 0 fully saturated rings. The van der Waals surface area contributed by atoms with E-state index in [2.05, 4.69) is 27.7 Å². The highest BCUT2D eigenvalue weighted by atomic mass is 16.5. The van der Waals surface area contributed by atoms with Crippen molar-refractivity contribution in [2.75, 3.05) is 20.3 Å². The topological polar surface area (TPSA) is 35.2 Å². The largest absolute Gasteiger partial charge is 0.384 e. The van der Waals surface area contributed by atoms with Gasteiger partial charge >= 0.3 is 0 Å². The first kappa shape index (κ1) is 11.9. The third-order valence-electron chi connectivity index (χ3n) is 3.08. The zero-order valence-corrected chi connectivity index (χ0v) is 9.11. The molecule has 2 N–H and O–H groups in total. The van der Waals surface area contributed by atoms with Crippen LogP contribution in [-0.2, 0) is 4.74 Å². The van der Waals surface area contributed by atoms with E-state index in [0.29, 0.717) is 6.54 Å². The first-order chi connectivity index (χ1) is 5.43. The summed E-state index contributed by atoms with van der Waals surface area (Å²) < 4.78 is 5.24. The van der Waals surface area contributed by atoms with Crippen LogP contribution >= 0.6 is 0 Å². The van der Waals surface area contributed by atoms with Crippen LogP contribution in [-0.4, -0.2) is 20.3 Å². The molecule has 0 aliphatic rings. The monoisotopic (exact) mass is 173 g/mol. The molecule has 1 atom stereocenters. The maximum absolute atomic E-state index is 5.81. The van der Waals surface area contributed by atoms with Gasteiger partial charge in [0, 0.05) is 19.1 Å². The van der Waals surface area contributed by atoms with E-state index in [-0.39, 0.29) is 10.8 Å². The minimum atomic E-state index is 0.127. The van der Waals surface area contributed by atoms with Crippen molar-refractivity contribution in [3.8, 4) is 0 Å². The molecular formula is C10H23NO. The molecule has 0 heterocycles. The molecule has 0 aliphatic carbocycles. The highest BCUT2D eigenvalue weighted by Gasteiger charge is 2.38. The van der Waals surface area contributed by atoms with E-state index in [1.165, 1.54) is 0 Å². The van der Waals surface area contributed by atoms with E-state index in [1.54, 1.807) is 7.11 Å². The Hall–Kier alpha value is -0.0800. The van der Waals surface area contributed by atoms with E-state index in [0.717, 1.165) is 13.0 Å². The van der Waals surface area contributed by atoms with Crippen molar-refractivity contribution in [1.29, 1.82) is 0 Å². The van der Waals surface area contributed by atoms with Crippen LogP contribution in [0.1, 0.15) is 34.1 Å². The fourth-order valence-electron chi connectivity index (χ4n) is 1.63. The van der Waals surface area contributed by atoms with Crippen LogP contribution in [0.4, 0.5) is 0 Å². The lowest BCUT2D eigenvalue weighted by molar-refractivity contribution is -0.00274. The molecule has 0 aliphatic heterocycles. The lowest BCUT2D eigenvalue weighted by Crippen LogP contribution is -2.45. The quantitative estimate of drug-likeness (QED) is 0.706. The average molecular weight is 173 g/mol. The van der Waals surface area contributed by atoms with Crippen molar-refractivity contribution in [2.24, 2.45) is 16.6 Å². The number of methoxy groups -OCH3 is 1. The predicted octanol–water partition coefficient (Wildman–Crippen LogP) is 2.03. The molecule has 0 aromatic rings. The minimum Gasteiger partial charge on any atom is -0.384 e. The highest BCUT2D eigenvalue weighted by molar-refractivity contribution is 4.89. The summed E-state index contributed by atoms with van der Waals surface area (Å²) in [6.07, 6.45) is 1.07. The zero-order chi connectivity index (χ0) is 9.83. The average Bonchev–Trinajstić information content (AvgIpc) is 1.98. The first-order valence-electron chi connectivity index (χ1n) is 4.62. The van der Waals surface area contributed by atoms with Crippen LogP contribution in [0, 0.1) is 10.8 Å². The highest BCUT2D eigenvalue weighted by Crippen LogP contribution is 2.40. The predicted molar refractivity (Wildman–Crippen MR) is 53.1 cm³/mol. The molecule has 0 aromatic carbocycles. The number of hydrogen-bond donors (Lipinski definition) is 1. The minimum absolute atomic E-state index is 0.127. The molecule has 0 radical (unpaired) electrons. The van der Waals surface area contributed by atoms with Crippen molar-refractivity contribution >= 4 is 0 Å². The van der Waals surface area contributed by atoms with Crippen LogP contribution < -0.4 is 5.73 Å². The van der Waals surface area contributed by atoms with Gasteiger partial charge in [-0.15, -0.1) is 0 Å². The van der Waals surface area contributed by atoms with Gasteiger partial charge in [0.2, 0.25) is 0 Å². The third kappa shape index (κ3) is 2.20. The van der Waals surface area contributed by atoms with E-state index < -0.39 is 0 Å². The molecule has 74 valence electrons. The molecule has 0 spiro atoms. The summed E-state index contributed by atoms with van der Waals surface area (Å²) in [5.74, 6) is 0. The Morgan fingerprint density at radius 1 is 1.25 bits per heavy atom. The number of hydrogen-bond acceptors (Lipinski definition) is 2. The van der Waals surface area contributed by atoms with Crippen molar-refractivity contribution in [1.82, 2.24) is 0 Å². The van der Waals surface area contributed by atoms with Gasteiger partial charge in [0.15, 0.2) is 0 Å². The smallest absolute Gasteiger partial charge is 0.0535 e. The maximum atomic E-state index is 5.81. The summed E-state index contributed by atoms with van der Waals surface area (Å²) in [4.78, 5) is 0. The van der Waals surface area contributed by atoms with E-state index in [9.17, 15) is 0 Å². The summed E-state index contributed by atoms with van der Waals surface area (Å²) >= 11 is 0. The molecule has 0 bridgehead atoms. The fourth-order valence-corrected chi connectivity index (χ4v) is 1.63. The Bertz CT molecular complexity index is 122. The Labute approximate surface area is 76.5 Å². The second-order valence-corrected chi connectivity index (χ2v) is 4.52. The molecule has 0 rings (SSSR count). The second-order valence-electron chi connectivity index (χ2n) is 4.52. The number of rotatable bonds is 4. The number of ether oxygens (including phenoxy) is 1. The van der Waals surface area contributed by atoms with E-state index >= 15 is 0 Å². The molecule has 0 saturated heterocycles. The summed E-state index contributed by atoms with van der Waals surface area (Å²) in [7, 11) is 1.74. The van der Waals surface area contributed by atoms with Gasteiger partial charge in [-0.3, -0.25) is 0 Å². The summed E-state index contributed by atoms with van der Waals surface area (Å²) in [6, 6.07) is 0. The van der Waals surface area contributed by atoms with Gasteiger partial charge in [-0.25, -0.2) is 0 Å². The zero-order valence-electron chi connectivity index (χ0n) is 9.11. The van der Waals surface area contributed by atoms with Crippen LogP contribution in [0.2, 0.25) is 0 Å². The molecular weight excluding hydrogens is 150 g/mol. The van der Waals surface area contributed by atoms with Gasteiger partial charge in [0.25, 0.3) is 0 Å². The van der Waals surface area contributed by atoms with Crippen molar-refractivity contribution in [3.05, 3.63) is 0 Å². The van der Waals surface area contributed by atoms with E-state index in [4.69, 9.17) is 10.5 Å². The van der Waals surface area contributed by atoms with Crippen LogP contribution in [0.25, 0.3) is 0 Å². The summed E-state index contributed by atoms with van der Waals surface area (Å²) in [5, 5.41) is 0. The Morgan fingerprint density at radius 3 is 1.83 bits per heavy atom.